The van der Waals surface area contributed by atoms with Gasteiger partial charge in [0.1, 0.15) is 15.9 Å². The number of amides is 1. The van der Waals surface area contributed by atoms with Crippen molar-refractivity contribution in [2.45, 2.75) is 26.2 Å². The van der Waals surface area contributed by atoms with Crippen LogP contribution in [0.1, 0.15) is 33.9 Å². The summed E-state index contributed by atoms with van der Waals surface area (Å²) in [6.07, 6.45) is 6.49. The van der Waals surface area contributed by atoms with Crippen molar-refractivity contribution in [3.63, 3.8) is 0 Å². The molecular formula is C19H18ClN5O2S. The molecule has 1 fully saturated rings. The first kappa shape index (κ1) is 18.8. The van der Waals surface area contributed by atoms with Gasteiger partial charge in [-0.1, -0.05) is 22.9 Å². The van der Waals surface area contributed by atoms with Crippen LogP contribution in [0.3, 0.4) is 0 Å². The lowest BCUT2D eigenvalue weighted by Crippen LogP contribution is -2.14. The molecule has 0 bridgehead atoms. The van der Waals surface area contributed by atoms with Gasteiger partial charge >= 0.3 is 0 Å². The molecule has 3 aromatic rings. The van der Waals surface area contributed by atoms with Gasteiger partial charge in [-0.2, -0.15) is 0 Å². The van der Waals surface area contributed by atoms with Gasteiger partial charge in [0.15, 0.2) is 0 Å². The number of anilines is 1. The number of methoxy groups -OCH3 is 1. The molecule has 144 valence electrons. The maximum absolute atomic E-state index is 12.9. The number of nitrogens with zero attached hydrogens (tertiary/aromatic N) is 4. The predicted molar refractivity (Wildman–Crippen MR) is 108 cm³/mol. The molecule has 1 amide bonds. The van der Waals surface area contributed by atoms with Crippen LogP contribution in [-0.4, -0.2) is 33.2 Å². The topological polar surface area (TPSA) is 89.9 Å². The number of rotatable bonds is 6. The monoisotopic (exact) mass is 415 g/mol. The SMILES string of the molecule is COc1cnc(Cl)cc1-c1cc(C)ncc1C(=O)Nc1nnc(CC2CC2)s1. The van der Waals surface area contributed by atoms with Crippen LogP contribution in [0.25, 0.3) is 11.1 Å². The Morgan fingerprint density at radius 3 is 2.82 bits per heavy atom. The number of hydrogen-bond donors (Lipinski definition) is 1. The van der Waals surface area contributed by atoms with Gasteiger partial charge in [0.25, 0.3) is 5.91 Å². The van der Waals surface area contributed by atoms with Crippen molar-refractivity contribution >= 4 is 34.0 Å². The third kappa shape index (κ3) is 4.13. The van der Waals surface area contributed by atoms with Crippen LogP contribution in [0, 0.1) is 12.8 Å². The van der Waals surface area contributed by atoms with Crippen molar-refractivity contribution in [1.29, 1.82) is 0 Å². The third-order valence-electron chi connectivity index (χ3n) is 4.48. The first-order valence-electron chi connectivity index (χ1n) is 8.83. The second kappa shape index (κ2) is 7.81. The van der Waals surface area contributed by atoms with Crippen LogP contribution >= 0.6 is 22.9 Å². The highest BCUT2D eigenvalue weighted by Crippen LogP contribution is 2.35. The normalized spacial score (nSPS) is 13.4. The summed E-state index contributed by atoms with van der Waals surface area (Å²) in [4.78, 5) is 21.3. The summed E-state index contributed by atoms with van der Waals surface area (Å²) in [5.74, 6) is 0.923. The Balaban J connectivity index is 1.65. The molecule has 0 unspecified atom stereocenters. The van der Waals surface area contributed by atoms with E-state index in [1.165, 1.54) is 30.4 Å². The number of carbonyl (C=O) groups is 1. The van der Waals surface area contributed by atoms with E-state index in [0.717, 1.165) is 17.1 Å². The van der Waals surface area contributed by atoms with Gasteiger partial charge in [-0.3, -0.25) is 15.1 Å². The first-order chi connectivity index (χ1) is 13.5. The van der Waals surface area contributed by atoms with Crippen LogP contribution < -0.4 is 10.1 Å². The number of nitrogens with one attached hydrogen (secondary N) is 1. The summed E-state index contributed by atoms with van der Waals surface area (Å²) >= 11 is 7.48. The number of hydrogen-bond acceptors (Lipinski definition) is 7. The molecule has 0 spiro atoms. The summed E-state index contributed by atoms with van der Waals surface area (Å²) in [6.45, 7) is 1.86. The van der Waals surface area contributed by atoms with Crippen LogP contribution in [0.2, 0.25) is 5.15 Å². The van der Waals surface area contributed by atoms with Crippen LogP contribution in [0.4, 0.5) is 5.13 Å². The minimum absolute atomic E-state index is 0.311. The zero-order valence-electron chi connectivity index (χ0n) is 15.4. The van der Waals surface area contributed by atoms with E-state index in [4.69, 9.17) is 16.3 Å². The number of aryl methyl sites for hydroxylation is 1. The van der Waals surface area contributed by atoms with Crippen LogP contribution in [-0.2, 0) is 6.42 Å². The molecule has 1 N–H and O–H groups in total. The fourth-order valence-electron chi connectivity index (χ4n) is 2.87. The van der Waals surface area contributed by atoms with E-state index in [0.29, 0.717) is 38.6 Å². The molecule has 1 aliphatic rings. The van der Waals surface area contributed by atoms with Crippen molar-refractivity contribution in [3.8, 4) is 16.9 Å². The van der Waals surface area contributed by atoms with Gasteiger partial charge in [0.05, 0.1) is 18.9 Å². The zero-order chi connectivity index (χ0) is 19.7. The fourth-order valence-corrected chi connectivity index (χ4v) is 3.88. The summed E-state index contributed by atoms with van der Waals surface area (Å²) in [5.41, 5.74) is 2.49. The van der Waals surface area contributed by atoms with Crippen molar-refractivity contribution in [1.82, 2.24) is 20.2 Å². The Labute approximate surface area is 171 Å². The second-order valence-electron chi connectivity index (χ2n) is 6.68. The summed E-state index contributed by atoms with van der Waals surface area (Å²) < 4.78 is 5.40. The van der Waals surface area contributed by atoms with Gasteiger partial charge in [0.2, 0.25) is 5.13 Å². The number of ether oxygens (including phenoxy) is 1. The maximum Gasteiger partial charge on any atom is 0.259 e. The Hall–Kier alpha value is -2.58. The van der Waals surface area contributed by atoms with E-state index in [9.17, 15) is 4.79 Å². The van der Waals surface area contributed by atoms with Crippen molar-refractivity contribution < 1.29 is 9.53 Å². The molecule has 4 rings (SSSR count). The zero-order valence-corrected chi connectivity index (χ0v) is 17.0. The highest BCUT2D eigenvalue weighted by atomic mass is 35.5. The van der Waals surface area contributed by atoms with E-state index in [2.05, 4.69) is 25.5 Å². The van der Waals surface area contributed by atoms with E-state index in [1.54, 1.807) is 19.4 Å². The molecular weight excluding hydrogens is 398 g/mol. The van der Waals surface area contributed by atoms with Crippen LogP contribution in [0.5, 0.6) is 5.75 Å². The van der Waals surface area contributed by atoms with Gasteiger partial charge < -0.3 is 4.74 Å². The Bertz CT molecular complexity index is 1030. The maximum atomic E-state index is 12.9. The Morgan fingerprint density at radius 1 is 1.25 bits per heavy atom. The molecule has 1 aliphatic carbocycles. The number of carbonyl (C=O) groups excluding carboxylic acids is 1. The van der Waals surface area contributed by atoms with Gasteiger partial charge in [-0.05, 0) is 37.8 Å². The lowest BCUT2D eigenvalue weighted by Gasteiger charge is -2.13. The first-order valence-corrected chi connectivity index (χ1v) is 10.0. The molecule has 0 atom stereocenters. The molecule has 3 aromatic heterocycles. The Morgan fingerprint density at radius 2 is 2.07 bits per heavy atom. The molecule has 28 heavy (non-hydrogen) atoms. The average molecular weight is 416 g/mol. The highest BCUT2D eigenvalue weighted by molar-refractivity contribution is 7.15. The van der Waals surface area contributed by atoms with Crippen molar-refractivity contribution in [2.75, 3.05) is 12.4 Å². The highest BCUT2D eigenvalue weighted by Gasteiger charge is 2.24. The fraction of sp³-hybridized carbons (Fsp3) is 0.316. The standard InChI is InChI=1S/C19H18ClN5O2S/c1-10-5-12(13-7-16(20)22-9-15(13)27-2)14(8-21-10)18(26)23-19-25-24-17(28-19)6-11-3-4-11/h5,7-9,11H,3-4,6H2,1-2H3,(H,23,25,26). The minimum atomic E-state index is -0.313. The Kier molecular flexibility index (Phi) is 5.23. The van der Waals surface area contributed by atoms with E-state index < -0.39 is 0 Å². The van der Waals surface area contributed by atoms with Gasteiger partial charge in [-0.15, -0.1) is 10.2 Å². The molecule has 0 radical (unpaired) electrons. The van der Waals surface area contributed by atoms with Crippen molar-refractivity contribution in [2.24, 2.45) is 5.92 Å². The molecule has 3 heterocycles. The van der Waals surface area contributed by atoms with Crippen molar-refractivity contribution in [3.05, 3.63) is 45.9 Å². The van der Waals surface area contributed by atoms with E-state index in [-0.39, 0.29) is 5.91 Å². The second-order valence-corrected chi connectivity index (χ2v) is 8.13. The largest absolute Gasteiger partial charge is 0.494 e. The van der Waals surface area contributed by atoms with Gasteiger partial charge in [0, 0.05) is 29.4 Å². The third-order valence-corrected chi connectivity index (χ3v) is 5.54. The lowest BCUT2D eigenvalue weighted by molar-refractivity contribution is 0.102. The quantitative estimate of drug-likeness (QED) is 0.607. The average Bonchev–Trinajstić information content (AvgIpc) is 3.39. The smallest absolute Gasteiger partial charge is 0.259 e. The number of halogens is 1. The molecule has 0 saturated heterocycles. The summed E-state index contributed by atoms with van der Waals surface area (Å²) in [5, 5.41) is 12.8. The molecule has 1 saturated carbocycles. The number of aromatic nitrogens is 4. The lowest BCUT2D eigenvalue weighted by atomic mass is 10.0. The molecule has 9 heteroatoms. The van der Waals surface area contributed by atoms with Gasteiger partial charge in [-0.25, -0.2) is 4.98 Å². The predicted octanol–water partition coefficient (Wildman–Crippen LogP) is 4.17. The summed E-state index contributed by atoms with van der Waals surface area (Å²) in [7, 11) is 1.55. The van der Waals surface area contributed by atoms with Crippen LogP contribution in [0.15, 0.2) is 24.5 Å². The molecule has 7 nitrogen and oxygen atoms in total. The minimum Gasteiger partial charge on any atom is -0.494 e. The molecule has 0 aliphatic heterocycles. The van der Waals surface area contributed by atoms with E-state index in [1.807, 2.05) is 13.0 Å². The van der Waals surface area contributed by atoms with E-state index >= 15 is 0 Å². The summed E-state index contributed by atoms with van der Waals surface area (Å²) in [6, 6.07) is 3.49. The number of pyridine rings is 2. The molecule has 0 aromatic carbocycles.